The van der Waals surface area contributed by atoms with Crippen LogP contribution in [0.25, 0.3) is 6.08 Å². The van der Waals surface area contributed by atoms with Crippen molar-refractivity contribution < 1.29 is 33.0 Å². The monoisotopic (exact) mass is 550 g/mol. The van der Waals surface area contributed by atoms with Gasteiger partial charge in [0.2, 0.25) is 0 Å². The lowest BCUT2D eigenvalue weighted by Crippen LogP contribution is -2.54. The summed E-state index contributed by atoms with van der Waals surface area (Å²) in [7, 11) is 0. The Morgan fingerprint density at radius 1 is 1.03 bits per heavy atom. The molecule has 200 valence electrons. The number of hydrogen-bond acceptors (Lipinski definition) is 6. The van der Waals surface area contributed by atoms with Crippen molar-refractivity contribution in [3.8, 4) is 5.75 Å². The number of esters is 1. The predicted octanol–water partition coefficient (Wildman–Crippen LogP) is 5.31. The zero-order valence-corrected chi connectivity index (χ0v) is 21.9. The van der Waals surface area contributed by atoms with Crippen molar-refractivity contribution in [1.29, 1.82) is 0 Å². The lowest BCUT2D eigenvalue weighted by molar-refractivity contribution is -0.122. The topological polar surface area (TPSA) is 102 Å². The summed E-state index contributed by atoms with van der Waals surface area (Å²) in [6.45, 7) is 3.98. The minimum Gasteiger partial charge on any atom is -0.494 e. The van der Waals surface area contributed by atoms with Crippen LogP contribution in [0.4, 0.5) is 14.9 Å². The quantitative estimate of drug-likeness (QED) is 0.232. The molecule has 39 heavy (non-hydrogen) atoms. The molecule has 4 rings (SSSR count). The first-order valence-electron chi connectivity index (χ1n) is 12.1. The summed E-state index contributed by atoms with van der Waals surface area (Å²) in [5.74, 6) is -2.24. The van der Waals surface area contributed by atoms with Crippen LogP contribution in [-0.4, -0.2) is 37.0 Å². The van der Waals surface area contributed by atoms with Crippen molar-refractivity contribution in [2.45, 2.75) is 20.3 Å². The zero-order valence-electron chi connectivity index (χ0n) is 21.1. The molecule has 3 aromatic carbocycles. The van der Waals surface area contributed by atoms with Crippen LogP contribution in [-0.2, 0) is 20.7 Å². The van der Waals surface area contributed by atoms with E-state index in [4.69, 9.17) is 21.1 Å². The molecule has 0 atom stereocenters. The molecule has 1 heterocycles. The van der Waals surface area contributed by atoms with Crippen LogP contribution in [0.1, 0.15) is 40.9 Å². The smallest absolute Gasteiger partial charge is 0.338 e. The molecule has 0 spiro atoms. The Hall–Kier alpha value is -4.50. The van der Waals surface area contributed by atoms with E-state index in [9.17, 15) is 23.6 Å². The van der Waals surface area contributed by atoms with Gasteiger partial charge in [0.1, 0.15) is 17.1 Å². The van der Waals surface area contributed by atoms with Gasteiger partial charge < -0.3 is 9.47 Å². The minimum absolute atomic E-state index is 0.155. The second kappa shape index (κ2) is 11.9. The molecule has 0 radical (unpaired) electrons. The van der Waals surface area contributed by atoms with Gasteiger partial charge in [-0.05, 0) is 79.6 Å². The maximum atomic E-state index is 13.7. The third kappa shape index (κ3) is 6.15. The Morgan fingerprint density at radius 2 is 1.77 bits per heavy atom. The van der Waals surface area contributed by atoms with Gasteiger partial charge in [0.15, 0.2) is 0 Å². The lowest BCUT2D eigenvalue weighted by atomic mass is 10.00. The number of benzene rings is 3. The van der Waals surface area contributed by atoms with Crippen molar-refractivity contribution in [2.75, 3.05) is 18.1 Å². The van der Waals surface area contributed by atoms with Crippen LogP contribution in [0.15, 0.2) is 66.2 Å². The first kappa shape index (κ1) is 27.5. The number of carbonyl (C=O) groups is 4. The minimum atomic E-state index is -0.926. The van der Waals surface area contributed by atoms with Crippen LogP contribution in [0.3, 0.4) is 0 Å². The van der Waals surface area contributed by atoms with Crippen LogP contribution in [0.5, 0.6) is 5.75 Å². The van der Waals surface area contributed by atoms with Crippen molar-refractivity contribution in [1.82, 2.24) is 5.32 Å². The fourth-order valence-electron chi connectivity index (χ4n) is 4.04. The molecule has 0 unspecified atom stereocenters. The number of hydrogen-bond donors (Lipinski definition) is 1. The number of amides is 4. The average molecular weight is 551 g/mol. The number of halogens is 2. The fraction of sp³-hybridized carbons (Fsp3) is 0.172. The Morgan fingerprint density at radius 3 is 2.44 bits per heavy atom. The highest BCUT2D eigenvalue weighted by molar-refractivity contribution is 6.39. The van der Waals surface area contributed by atoms with E-state index in [-0.39, 0.29) is 29.2 Å². The fourth-order valence-corrected chi connectivity index (χ4v) is 4.33. The van der Waals surface area contributed by atoms with Crippen molar-refractivity contribution in [2.24, 2.45) is 0 Å². The maximum Gasteiger partial charge on any atom is 0.338 e. The number of rotatable bonds is 8. The molecular weight excluding hydrogens is 527 g/mol. The summed E-state index contributed by atoms with van der Waals surface area (Å²) in [5.41, 5.74) is 1.78. The number of carbonyl (C=O) groups excluding carboxylic acids is 4. The van der Waals surface area contributed by atoms with Gasteiger partial charge in [0, 0.05) is 17.0 Å². The van der Waals surface area contributed by atoms with Crippen molar-refractivity contribution in [3.63, 3.8) is 0 Å². The number of nitrogens with one attached hydrogen (secondary N) is 1. The largest absolute Gasteiger partial charge is 0.494 e. The highest BCUT2D eigenvalue weighted by Gasteiger charge is 2.37. The van der Waals surface area contributed by atoms with E-state index in [1.165, 1.54) is 42.5 Å². The highest BCUT2D eigenvalue weighted by Crippen LogP contribution is 2.33. The summed E-state index contributed by atoms with van der Waals surface area (Å²) in [5, 5.41) is 2.45. The molecule has 0 bridgehead atoms. The van der Waals surface area contributed by atoms with E-state index >= 15 is 0 Å². The van der Waals surface area contributed by atoms with Gasteiger partial charge in [0.25, 0.3) is 11.8 Å². The highest BCUT2D eigenvalue weighted by atomic mass is 35.5. The molecule has 10 heteroatoms. The summed E-state index contributed by atoms with van der Waals surface area (Å²) in [6.07, 6.45) is 1.61. The normalized spacial score (nSPS) is 14.4. The van der Waals surface area contributed by atoms with E-state index in [2.05, 4.69) is 5.32 Å². The standard InChI is InChI=1S/C29H24ClFN2O6/c1-3-38-25-16-18(15-24(30)22(25)13-17-6-5-7-20(31)12-17)14-23-26(34)32-29(37)33(27(23)35)21-10-8-19(9-11-21)28(36)39-4-2/h5-12,14-16H,3-4,13H2,1-2H3,(H,32,34,37)/b23-14+. The van der Waals surface area contributed by atoms with E-state index in [1.807, 2.05) is 0 Å². The summed E-state index contributed by atoms with van der Waals surface area (Å²) in [4.78, 5) is 51.2. The number of barbiturate groups is 1. The molecular formula is C29H24ClFN2O6. The Balaban J connectivity index is 1.67. The Kier molecular flexibility index (Phi) is 8.41. The number of ether oxygens (including phenoxy) is 2. The van der Waals surface area contributed by atoms with Gasteiger partial charge >= 0.3 is 12.0 Å². The molecule has 1 fully saturated rings. The molecule has 0 aromatic heterocycles. The second-order valence-corrected chi connectivity index (χ2v) is 8.85. The summed E-state index contributed by atoms with van der Waals surface area (Å²) >= 11 is 6.57. The van der Waals surface area contributed by atoms with Crippen LogP contribution >= 0.6 is 11.6 Å². The van der Waals surface area contributed by atoms with Gasteiger partial charge in [-0.3, -0.25) is 14.9 Å². The molecule has 1 aliphatic rings. The van der Waals surface area contributed by atoms with E-state index in [1.54, 1.807) is 38.1 Å². The predicted molar refractivity (Wildman–Crippen MR) is 143 cm³/mol. The maximum absolute atomic E-state index is 13.7. The molecule has 1 saturated heterocycles. The van der Waals surface area contributed by atoms with Crippen LogP contribution in [0.2, 0.25) is 5.02 Å². The van der Waals surface area contributed by atoms with E-state index in [0.29, 0.717) is 40.5 Å². The van der Waals surface area contributed by atoms with Gasteiger partial charge in [-0.15, -0.1) is 0 Å². The second-order valence-electron chi connectivity index (χ2n) is 8.44. The molecule has 4 amide bonds. The van der Waals surface area contributed by atoms with Gasteiger partial charge in [0.05, 0.1) is 24.5 Å². The molecule has 1 aliphatic heterocycles. The van der Waals surface area contributed by atoms with Crippen LogP contribution < -0.4 is 15.0 Å². The number of imide groups is 2. The number of urea groups is 1. The first-order valence-corrected chi connectivity index (χ1v) is 12.5. The van der Waals surface area contributed by atoms with Gasteiger partial charge in [-0.1, -0.05) is 23.7 Å². The summed E-state index contributed by atoms with van der Waals surface area (Å²) in [6, 6.07) is 14.0. The average Bonchev–Trinajstić information content (AvgIpc) is 2.89. The van der Waals surface area contributed by atoms with Crippen molar-refractivity contribution in [3.05, 3.63) is 99.3 Å². The van der Waals surface area contributed by atoms with Crippen molar-refractivity contribution >= 4 is 47.2 Å². The third-order valence-electron chi connectivity index (χ3n) is 5.80. The number of anilines is 1. The third-order valence-corrected chi connectivity index (χ3v) is 6.13. The molecule has 0 saturated carbocycles. The lowest BCUT2D eigenvalue weighted by Gasteiger charge is -2.26. The molecule has 8 nitrogen and oxygen atoms in total. The SMILES string of the molecule is CCOC(=O)c1ccc(N2C(=O)NC(=O)/C(=C\c3cc(Cl)c(Cc4cccc(F)c4)c(OCC)c3)C2=O)cc1. The molecule has 1 N–H and O–H groups in total. The number of nitrogens with zero attached hydrogens (tertiary/aromatic N) is 1. The Bertz CT molecular complexity index is 1490. The Labute approximate surface area is 229 Å². The molecule has 0 aliphatic carbocycles. The summed E-state index contributed by atoms with van der Waals surface area (Å²) < 4.78 is 24.4. The van der Waals surface area contributed by atoms with Crippen LogP contribution in [0, 0.1) is 5.82 Å². The molecule has 3 aromatic rings. The van der Waals surface area contributed by atoms with Gasteiger partial charge in [-0.2, -0.15) is 0 Å². The van der Waals surface area contributed by atoms with E-state index in [0.717, 1.165) is 4.90 Å². The van der Waals surface area contributed by atoms with E-state index < -0.39 is 23.8 Å². The first-order chi connectivity index (χ1) is 18.7. The zero-order chi connectivity index (χ0) is 28.1. The van der Waals surface area contributed by atoms with Gasteiger partial charge in [-0.25, -0.2) is 18.9 Å².